The number of aliphatic carboxylic acids is 1. The third-order valence-electron chi connectivity index (χ3n) is 2.15. The Morgan fingerprint density at radius 3 is 2.53 bits per heavy atom. The molecule has 80 valence electrons. The van der Waals surface area contributed by atoms with E-state index in [1.54, 1.807) is 12.1 Å². The van der Waals surface area contributed by atoms with E-state index >= 15 is 0 Å². The number of hydrogen-bond acceptors (Lipinski definition) is 3. The Labute approximate surface area is 87.5 Å². The highest BCUT2D eigenvalue weighted by Gasteiger charge is 2.19. The van der Waals surface area contributed by atoms with Gasteiger partial charge in [-0.1, -0.05) is 19.1 Å². The zero-order valence-corrected chi connectivity index (χ0v) is 8.61. The van der Waals surface area contributed by atoms with Gasteiger partial charge in [0.05, 0.1) is 7.11 Å². The van der Waals surface area contributed by atoms with Gasteiger partial charge in [0.1, 0.15) is 5.75 Å². The van der Waals surface area contributed by atoms with Crippen LogP contribution < -0.4 is 4.74 Å². The van der Waals surface area contributed by atoms with Crippen LogP contribution in [0.3, 0.4) is 0 Å². The van der Waals surface area contributed by atoms with Crippen molar-refractivity contribution in [2.75, 3.05) is 7.11 Å². The fourth-order valence-electron chi connectivity index (χ4n) is 1.45. The average molecular weight is 208 g/mol. The van der Waals surface area contributed by atoms with E-state index < -0.39 is 11.8 Å². The lowest BCUT2D eigenvalue weighted by atomic mass is 10.0. The highest BCUT2D eigenvalue weighted by Crippen LogP contribution is 2.23. The van der Waals surface area contributed by atoms with Crippen LogP contribution in [0.1, 0.15) is 22.8 Å². The molecule has 1 aromatic carbocycles. The maximum atomic E-state index is 11.3. The van der Waals surface area contributed by atoms with Crippen molar-refractivity contribution >= 4 is 11.8 Å². The van der Waals surface area contributed by atoms with Gasteiger partial charge >= 0.3 is 5.97 Å². The van der Waals surface area contributed by atoms with Crippen molar-refractivity contribution in [1.82, 2.24) is 0 Å². The summed E-state index contributed by atoms with van der Waals surface area (Å²) in [5.74, 6) is -1.80. The molecule has 0 aliphatic heterocycles. The van der Waals surface area contributed by atoms with Gasteiger partial charge in [-0.3, -0.25) is 4.79 Å². The van der Waals surface area contributed by atoms with Crippen molar-refractivity contribution in [2.24, 2.45) is 0 Å². The summed E-state index contributed by atoms with van der Waals surface area (Å²) in [6.07, 6.45) is 0.554. The summed E-state index contributed by atoms with van der Waals surface area (Å²) in [6, 6.07) is 4.81. The highest BCUT2D eigenvalue weighted by molar-refractivity contribution is 6.40. The zero-order valence-electron chi connectivity index (χ0n) is 8.61. The predicted molar refractivity (Wildman–Crippen MR) is 54.3 cm³/mol. The van der Waals surface area contributed by atoms with Crippen LogP contribution in [-0.4, -0.2) is 24.0 Å². The normalized spacial score (nSPS) is 9.73. The van der Waals surface area contributed by atoms with Gasteiger partial charge in [0.15, 0.2) is 0 Å². The fraction of sp³-hybridized carbons (Fsp3) is 0.273. The number of hydrogen-bond donors (Lipinski definition) is 1. The average Bonchev–Trinajstić information content (AvgIpc) is 2.26. The Morgan fingerprint density at radius 1 is 1.40 bits per heavy atom. The Hall–Kier alpha value is -1.84. The second-order valence-corrected chi connectivity index (χ2v) is 2.97. The van der Waals surface area contributed by atoms with Crippen LogP contribution in [0.5, 0.6) is 5.75 Å². The van der Waals surface area contributed by atoms with E-state index in [4.69, 9.17) is 9.84 Å². The van der Waals surface area contributed by atoms with Crippen LogP contribution in [0.15, 0.2) is 18.2 Å². The number of Topliss-reactive ketones (excluding diaryl/α,β-unsaturated/α-hetero) is 1. The van der Waals surface area contributed by atoms with E-state index in [1.165, 1.54) is 13.2 Å². The molecule has 4 heteroatoms. The third kappa shape index (κ3) is 2.15. The van der Waals surface area contributed by atoms with Crippen LogP contribution >= 0.6 is 0 Å². The first-order valence-corrected chi connectivity index (χ1v) is 4.55. The monoisotopic (exact) mass is 208 g/mol. The van der Waals surface area contributed by atoms with Gasteiger partial charge in [-0.15, -0.1) is 0 Å². The number of carboxylic acids is 1. The molecule has 0 aromatic heterocycles. The Morgan fingerprint density at radius 2 is 2.07 bits per heavy atom. The molecule has 0 unspecified atom stereocenters. The van der Waals surface area contributed by atoms with Gasteiger partial charge in [-0.05, 0) is 12.5 Å². The van der Waals surface area contributed by atoms with Gasteiger partial charge in [-0.2, -0.15) is 0 Å². The Balaban J connectivity index is 3.29. The number of rotatable bonds is 4. The van der Waals surface area contributed by atoms with Crippen LogP contribution in [0.2, 0.25) is 0 Å². The largest absolute Gasteiger partial charge is 0.496 e. The van der Waals surface area contributed by atoms with E-state index in [0.29, 0.717) is 17.7 Å². The molecule has 0 saturated heterocycles. The number of carbonyl (C=O) groups is 2. The topological polar surface area (TPSA) is 63.6 Å². The standard InChI is InChI=1S/C11H12O4/c1-3-7-8(10(12)11(13)14)5-4-6-9(7)15-2/h4-6H,3H2,1-2H3,(H,13,14). The van der Waals surface area contributed by atoms with Crippen molar-refractivity contribution < 1.29 is 19.4 Å². The molecule has 0 spiro atoms. The number of methoxy groups -OCH3 is 1. The third-order valence-corrected chi connectivity index (χ3v) is 2.15. The maximum Gasteiger partial charge on any atom is 0.377 e. The van der Waals surface area contributed by atoms with E-state index in [9.17, 15) is 9.59 Å². The van der Waals surface area contributed by atoms with E-state index in [1.807, 2.05) is 6.92 Å². The van der Waals surface area contributed by atoms with Gasteiger partial charge in [0.25, 0.3) is 5.78 Å². The van der Waals surface area contributed by atoms with Crippen molar-refractivity contribution in [3.63, 3.8) is 0 Å². The number of ether oxygens (including phenoxy) is 1. The first-order valence-electron chi connectivity index (χ1n) is 4.55. The second kappa shape index (κ2) is 4.59. The van der Waals surface area contributed by atoms with Gasteiger partial charge in [0, 0.05) is 11.1 Å². The summed E-state index contributed by atoms with van der Waals surface area (Å²) in [7, 11) is 1.49. The quantitative estimate of drug-likeness (QED) is 0.602. The summed E-state index contributed by atoms with van der Waals surface area (Å²) >= 11 is 0. The minimum absolute atomic E-state index is 0.198. The molecule has 0 saturated carbocycles. The second-order valence-electron chi connectivity index (χ2n) is 2.97. The number of carbonyl (C=O) groups excluding carboxylic acids is 1. The first-order chi connectivity index (χ1) is 7.11. The summed E-state index contributed by atoms with van der Waals surface area (Å²) < 4.78 is 5.06. The molecule has 1 N–H and O–H groups in total. The van der Waals surface area contributed by atoms with Gasteiger partial charge in [0.2, 0.25) is 0 Å². The maximum absolute atomic E-state index is 11.3. The summed E-state index contributed by atoms with van der Waals surface area (Å²) in [4.78, 5) is 21.9. The van der Waals surface area contributed by atoms with Crippen LogP contribution in [0.4, 0.5) is 0 Å². The molecule has 1 aromatic rings. The molecular formula is C11H12O4. The molecule has 4 nitrogen and oxygen atoms in total. The fourth-order valence-corrected chi connectivity index (χ4v) is 1.45. The first kappa shape index (κ1) is 11.2. The molecule has 0 aliphatic rings. The van der Waals surface area contributed by atoms with Crippen molar-refractivity contribution in [3.8, 4) is 5.75 Å². The molecule has 0 atom stereocenters. The molecule has 0 heterocycles. The lowest BCUT2D eigenvalue weighted by Crippen LogP contribution is -2.15. The zero-order chi connectivity index (χ0) is 11.4. The molecule has 0 bridgehead atoms. The van der Waals surface area contributed by atoms with E-state index in [0.717, 1.165) is 0 Å². The minimum atomic E-state index is -1.45. The molecule has 0 amide bonds. The SMILES string of the molecule is CCc1c(OC)cccc1C(=O)C(=O)O. The molecule has 1 rings (SSSR count). The number of benzene rings is 1. The van der Waals surface area contributed by atoms with Crippen molar-refractivity contribution in [1.29, 1.82) is 0 Å². The minimum Gasteiger partial charge on any atom is -0.496 e. The predicted octanol–water partition coefficient (Wildman–Crippen LogP) is 1.52. The lowest BCUT2D eigenvalue weighted by molar-refractivity contribution is -0.131. The van der Waals surface area contributed by atoms with Crippen molar-refractivity contribution in [3.05, 3.63) is 29.3 Å². The van der Waals surface area contributed by atoms with Crippen LogP contribution in [-0.2, 0) is 11.2 Å². The molecule has 0 aliphatic carbocycles. The van der Waals surface area contributed by atoms with E-state index in [-0.39, 0.29) is 5.56 Å². The molecule has 0 fully saturated rings. The number of ketones is 1. The summed E-state index contributed by atoms with van der Waals surface area (Å²) in [6.45, 7) is 1.84. The van der Waals surface area contributed by atoms with Gasteiger partial charge < -0.3 is 9.84 Å². The number of carboxylic acid groups (broad SMARTS) is 1. The lowest BCUT2D eigenvalue weighted by Gasteiger charge is -2.09. The molecular weight excluding hydrogens is 196 g/mol. The molecule has 15 heavy (non-hydrogen) atoms. The van der Waals surface area contributed by atoms with E-state index in [2.05, 4.69) is 0 Å². The smallest absolute Gasteiger partial charge is 0.377 e. The Bertz CT molecular complexity index is 396. The molecule has 0 radical (unpaired) electrons. The van der Waals surface area contributed by atoms with Crippen LogP contribution in [0.25, 0.3) is 0 Å². The Kier molecular flexibility index (Phi) is 3.44. The van der Waals surface area contributed by atoms with Gasteiger partial charge in [-0.25, -0.2) is 4.79 Å². The summed E-state index contributed by atoms with van der Waals surface area (Å²) in [5.41, 5.74) is 0.830. The summed E-state index contributed by atoms with van der Waals surface area (Å²) in [5, 5.41) is 8.63. The highest BCUT2D eigenvalue weighted by atomic mass is 16.5. The van der Waals surface area contributed by atoms with Crippen molar-refractivity contribution in [2.45, 2.75) is 13.3 Å². The van der Waals surface area contributed by atoms with Crippen LogP contribution in [0, 0.1) is 0 Å².